The summed E-state index contributed by atoms with van der Waals surface area (Å²) in [5.41, 5.74) is 9.80. The second-order valence-electron chi connectivity index (χ2n) is 7.53. The van der Waals surface area contributed by atoms with Crippen molar-refractivity contribution >= 4 is 27.3 Å². The van der Waals surface area contributed by atoms with E-state index in [2.05, 4.69) is 32.2 Å². The Hall–Kier alpha value is -3.74. The van der Waals surface area contributed by atoms with Crippen molar-refractivity contribution in [1.82, 2.24) is 10.2 Å². The summed E-state index contributed by atoms with van der Waals surface area (Å²) in [5, 5.41) is 19.3. The maximum Gasteiger partial charge on any atom is 0.244 e. The van der Waals surface area contributed by atoms with E-state index >= 15 is 0 Å². The van der Waals surface area contributed by atoms with Gasteiger partial charge in [-0.05, 0) is 50.6 Å². The zero-order chi connectivity index (χ0) is 23.7. The van der Waals surface area contributed by atoms with Gasteiger partial charge >= 0.3 is 0 Å². The van der Waals surface area contributed by atoms with Crippen LogP contribution in [0.1, 0.15) is 22.6 Å². The number of thiophene rings is 1. The third kappa shape index (κ3) is 3.91. The molecular weight excluding hydrogens is 516 g/mol. The molecule has 3 N–H and O–H groups in total. The third-order valence-corrected chi connectivity index (χ3v) is 6.99. The van der Waals surface area contributed by atoms with Crippen molar-refractivity contribution in [3.8, 4) is 34.0 Å². The van der Waals surface area contributed by atoms with Gasteiger partial charge in [0.1, 0.15) is 18.2 Å². The minimum Gasteiger partial charge on any atom is -0.493 e. The number of rotatable bonds is 6. The van der Waals surface area contributed by atoms with Gasteiger partial charge in [-0.15, -0.1) is 16.4 Å². The van der Waals surface area contributed by atoms with Crippen LogP contribution < -0.4 is 19.9 Å². The molecule has 0 fully saturated rings. The zero-order valence-corrected chi connectivity index (χ0v) is 20.4. The van der Waals surface area contributed by atoms with Crippen molar-refractivity contribution < 1.29 is 14.2 Å². The molecule has 0 radical (unpaired) electrons. The second-order valence-corrected chi connectivity index (χ2v) is 9.33. The molecule has 0 aliphatic carbocycles. The fraction of sp³-hybridized carbons (Fsp3) is 0.120. The molecule has 0 bridgehead atoms. The Morgan fingerprint density at radius 3 is 2.76 bits per heavy atom. The third-order valence-electron chi connectivity index (χ3n) is 5.52. The molecule has 0 spiro atoms. The highest BCUT2D eigenvalue weighted by Crippen LogP contribution is 2.49. The molecule has 1 aliphatic rings. The number of nitrogens with zero attached hydrogens (tertiary/aromatic N) is 2. The number of nitriles is 1. The lowest BCUT2D eigenvalue weighted by atomic mass is 9.83. The van der Waals surface area contributed by atoms with E-state index in [1.807, 2.05) is 60.0 Å². The van der Waals surface area contributed by atoms with Crippen LogP contribution in [0.5, 0.6) is 17.4 Å². The van der Waals surface area contributed by atoms with E-state index in [4.69, 9.17) is 19.9 Å². The standard InChI is InChI=1S/C25H19BrN4O3S/c1-31-18-11-15(10-17(26)23(18)32-13-14-6-3-2-4-7-14)20-16(12-27)24(28)33-25-21(20)22(29-30-25)19-8-5-9-34-19/h2-11,20H,13,28H2,1H3,(H,29,30)/t20-/m1/s1. The van der Waals surface area contributed by atoms with Gasteiger partial charge in [0.2, 0.25) is 11.8 Å². The van der Waals surface area contributed by atoms with Crippen LogP contribution in [-0.4, -0.2) is 17.3 Å². The molecule has 5 rings (SSSR count). The molecule has 4 aromatic rings. The number of nitrogens with two attached hydrogens (primary N) is 1. The first kappa shape index (κ1) is 22.1. The monoisotopic (exact) mass is 534 g/mol. The number of aromatic amines is 1. The molecule has 0 saturated carbocycles. The lowest BCUT2D eigenvalue weighted by Gasteiger charge is -2.25. The molecule has 1 aliphatic heterocycles. The highest BCUT2D eigenvalue weighted by atomic mass is 79.9. The maximum absolute atomic E-state index is 9.97. The largest absolute Gasteiger partial charge is 0.493 e. The predicted octanol–water partition coefficient (Wildman–Crippen LogP) is 5.71. The Morgan fingerprint density at radius 1 is 1.24 bits per heavy atom. The number of benzene rings is 2. The summed E-state index contributed by atoms with van der Waals surface area (Å²) in [6, 6.07) is 19.8. The molecule has 34 heavy (non-hydrogen) atoms. The molecule has 7 nitrogen and oxygen atoms in total. The number of halogens is 1. The van der Waals surface area contributed by atoms with E-state index in [-0.39, 0.29) is 5.88 Å². The SMILES string of the molecule is COc1cc([C@@H]2C(C#N)=C(N)Oc3n[nH]c(-c4cccs4)c32)cc(Br)c1OCc1ccccc1. The first-order chi connectivity index (χ1) is 16.6. The summed E-state index contributed by atoms with van der Waals surface area (Å²) in [4.78, 5) is 0.981. The topological polar surface area (TPSA) is 106 Å². The molecule has 2 aromatic heterocycles. The number of aromatic nitrogens is 2. The van der Waals surface area contributed by atoms with Crippen LogP contribution in [0.15, 0.2) is 75.9 Å². The van der Waals surface area contributed by atoms with Gasteiger partial charge in [0, 0.05) is 0 Å². The van der Waals surface area contributed by atoms with Crippen LogP contribution in [-0.2, 0) is 6.61 Å². The number of H-pyrrole nitrogens is 1. The summed E-state index contributed by atoms with van der Waals surface area (Å²) in [7, 11) is 1.58. The van der Waals surface area contributed by atoms with Gasteiger partial charge in [-0.25, -0.2) is 0 Å². The van der Waals surface area contributed by atoms with E-state index in [9.17, 15) is 5.26 Å². The van der Waals surface area contributed by atoms with Crippen molar-refractivity contribution in [2.24, 2.45) is 5.73 Å². The fourth-order valence-corrected chi connectivity index (χ4v) is 5.27. The number of methoxy groups -OCH3 is 1. The summed E-state index contributed by atoms with van der Waals surface area (Å²) < 4.78 is 18.1. The van der Waals surface area contributed by atoms with Gasteiger partial charge in [0.25, 0.3) is 0 Å². The number of hydrogen-bond donors (Lipinski definition) is 2. The van der Waals surface area contributed by atoms with E-state index in [0.29, 0.717) is 34.0 Å². The first-order valence-electron chi connectivity index (χ1n) is 10.3. The van der Waals surface area contributed by atoms with Gasteiger partial charge in [-0.1, -0.05) is 36.4 Å². The molecule has 0 unspecified atom stereocenters. The summed E-state index contributed by atoms with van der Waals surface area (Å²) in [6.45, 7) is 0.386. The van der Waals surface area contributed by atoms with Crippen molar-refractivity contribution in [2.75, 3.05) is 7.11 Å². The van der Waals surface area contributed by atoms with E-state index in [1.165, 1.54) is 0 Å². The lowest BCUT2D eigenvalue weighted by molar-refractivity contribution is 0.282. The first-order valence-corrected chi connectivity index (χ1v) is 12.0. The second kappa shape index (κ2) is 9.25. The number of ether oxygens (including phenoxy) is 3. The highest BCUT2D eigenvalue weighted by molar-refractivity contribution is 9.10. The molecule has 0 amide bonds. The van der Waals surface area contributed by atoms with Gasteiger partial charge < -0.3 is 19.9 Å². The Bertz CT molecular complexity index is 1410. The molecular formula is C25H19BrN4O3S. The van der Waals surface area contributed by atoms with Gasteiger partial charge in [0.15, 0.2) is 11.5 Å². The summed E-state index contributed by atoms with van der Waals surface area (Å²) >= 11 is 5.20. The average molecular weight is 535 g/mol. The lowest BCUT2D eigenvalue weighted by Crippen LogP contribution is -2.21. The minimum atomic E-state index is -0.502. The van der Waals surface area contributed by atoms with Crippen LogP contribution in [0, 0.1) is 11.3 Å². The molecule has 2 aromatic carbocycles. The predicted molar refractivity (Wildman–Crippen MR) is 133 cm³/mol. The molecule has 9 heteroatoms. The highest BCUT2D eigenvalue weighted by Gasteiger charge is 2.36. The Kier molecular flexibility index (Phi) is 6.01. The maximum atomic E-state index is 9.97. The van der Waals surface area contributed by atoms with E-state index in [0.717, 1.165) is 27.3 Å². The Labute approximate surface area is 208 Å². The molecule has 170 valence electrons. The Morgan fingerprint density at radius 2 is 2.06 bits per heavy atom. The van der Waals surface area contributed by atoms with Crippen molar-refractivity contribution in [2.45, 2.75) is 12.5 Å². The van der Waals surface area contributed by atoms with Crippen LogP contribution >= 0.6 is 27.3 Å². The number of fused-ring (bicyclic) bond motifs is 1. The zero-order valence-electron chi connectivity index (χ0n) is 18.0. The molecule has 0 saturated heterocycles. The molecule has 1 atom stereocenters. The van der Waals surface area contributed by atoms with Crippen LogP contribution in [0.3, 0.4) is 0 Å². The summed E-state index contributed by atoms with van der Waals surface area (Å²) in [6.07, 6.45) is 0. The van der Waals surface area contributed by atoms with Gasteiger partial charge in [0.05, 0.1) is 33.6 Å². The van der Waals surface area contributed by atoms with Crippen molar-refractivity contribution in [3.05, 3.63) is 92.6 Å². The average Bonchev–Trinajstić information content (AvgIpc) is 3.52. The number of nitrogens with one attached hydrogen (secondary N) is 1. The van der Waals surface area contributed by atoms with Crippen molar-refractivity contribution in [3.63, 3.8) is 0 Å². The quantitative estimate of drug-likeness (QED) is 0.328. The Balaban J connectivity index is 1.60. The van der Waals surface area contributed by atoms with Crippen molar-refractivity contribution in [1.29, 1.82) is 5.26 Å². The van der Waals surface area contributed by atoms with Gasteiger partial charge in [-0.3, -0.25) is 5.10 Å². The number of hydrogen-bond acceptors (Lipinski definition) is 7. The van der Waals surface area contributed by atoms with E-state index < -0.39 is 5.92 Å². The van der Waals surface area contributed by atoms with E-state index in [1.54, 1.807) is 18.4 Å². The van der Waals surface area contributed by atoms with Crippen LogP contribution in [0.2, 0.25) is 0 Å². The van der Waals surface area contributed by atoms with Crippen LogP contribution in [0.4, 0.5) is 0 Å². The van der Waals surface area contributed by atoms with Crippen LogP contribution in [0.25, 0.3) is 10.6 Å². The molecule has 3 heterocycles. The summed E-state index contributed by atoms with van der Waals surface area (Å²) in [5.74, 6) is 0.986. The fourth-order valence-electron chi connectivity index (χ4n) is 3.96. The number of allylic oxidation sites excluding steroid dienone is 1. The minimum absolute atomic E-state index is 0.0312. The van der Waals surface area contributed by atoms with Gasteiger partial charge in [-0.2, -0.15) is 5.26 Å². The smallest absolute Gasteiger partial charge is 0.244 e. The normalized spacial score (nSPS) is 14.8.